The number of hydrogen-bond acceptors (Lipinski definition) is 3. The predicted octanol–water partition coefficient (Wildman–Crippen LogP) is 4.08. The molecule has 0 bridgehead atoms. The van der Waals surface area contributed by atoms with E-state index in [-0.39, 0.29) is 17.2 Å². The summed E-state index contributed by atoms with van der Waals surface area (Å²) in [6.45, 7) is 3.02. The van der Waals surface area contributed by atoms with Crippen molar-refractivity contribution in [1.29, 1.82) is 5.26 Å². The third-order valence-electron chi connectivity index (χ3n) is 3.43. The van der Waals surface area contributed by atoms with Crippen LogP contribution < -0.4 is 0 Å². The number of rotatable bonds is 5. The Hall–Kier alpha value is -2.32. The molecule has 2 rings (SSSR count). The molecule has 4 nitrogen and oxygen atoms in total. The van der Waals surface area contributed by atoms with E-state index >= 15 is 0 Å². The predicted molar refractivity (Wildman–Crippen MR) is 92.0 cm³/mol. The van der Waals surface area contributed by atoms with Gasteiger partial charge in [0.1, 0.15) is 5.75 Å². The highest BCUT2D eigenvalue weighted by Crippen LogP contribution is 2.24. The Labute approximate surface area is 144 Å². The van der Waals surface area contributed by atoms with Gasteiger partial charge in [-0.2, -0.15) is 5.26 Å². The van der Waals surface area contributed by atoms with Gasteiger partial charge in [0, 0.05) is 17.6 Å². The number of phenolic OH excluding ortho intramolecular Hbond substituents is 1. The van der Waals surface area contributed by atoms with Gasteiger partial charge >= 0.3 is 0 Å². The zero-order valence-electron chi connectivity index (χ0n) is 12.8. The van der Waals surface area contributed by atoms with Crippen LogP contribution in [0.1, 0.15) is 34.8 Å². The molecule has 1 N–H and O–H groups in total. The minimum atomic E-state index is -0.213. The van der Waals surface area contributed by atoms with Crippen LogP contribution in [0.15, 0.2) is 46.9 Å². The molecule has 0 atom stereocenters. The van der Waals surface area contributed by atoms with E-state index in [0.717, 1.165) is 16.5 Å². The van der Waals surface area contributed by atoms with E-state index in [4.69, 9.17) is 5.26 Å². The SMILES string of the molecule is CCCN(Cc1ccc(C#N)cc1)C(=O)c1cc(Br)ccc1O. The second-order valence-electron chi connectivity index (χ2n) is 5.20. The summed E-state index contributed by atoms with van der Waals surface area (Å²) < 4.78 is 0.744. The van der Waals surface area contributed by atoms with Crippen LogP contribution in [-0.4, -0.2) is 22.5 Å². The largest absolute Gasteiger partial charge is 0.507 e. The van der Waals surface area contributed by atoms with Gasteiger partial charge in [0.25, 0.3) is 5.91 Å². The second-order valence-corrected chi connectivity index (χ2v) is 6.11. The molecule has 0 spiro atoms. The van der Waals surface area contributed by atoms with Crippen molar-refractivity contribution in [3.05, 3.63) is 63.6 Å². The Morgan fingerprint density at radius 2 is 1.96 bits per heavy atom. The molecule has 0 saturated heterocycles. The normalized spacial score (nSPS) is 10.1. The molecule has 0 aliphatic heterocycles. The number of amides is 1. The van der Waals surface area contributed by atoms with Crippen molar-refractivity contribution in [2.24, 2.45) is 0 Å². The van der Waals surface area contributed by atoms with E-state index in [2.05, 4.69) is 22.0 Å². The van der Waals surface area contributed by atoms with Gasteiger partial charge in [-0.05, 0) is 42.3 Å². The van der Waals surface area contributed by atoms with Crippen molar-refractivity contribution in [1.82, 2.24) is 4.90 Å². The maximum absolute atomic E-state index is 12.7. The number of nitriles is 1. The molecule has 0 aromatic heterocycles. The Kier molecular flexibility index (Phi) is 5.78. The lowest BCUT2D eigenvalue weighted by Gasteiger charge is -2.23. The first-order chi connectivity index (χ1) is 11.0. The number of halogens is 1. The van der Waals surface area contributed by atoms with E-state index in [1.54, 1.807) is 29.2 Å². The number of phenols is 1. The topological polar surface area (TPSA) is 64.3 Å². The number of aromatic hydroxyl groups is 1. The fourth-order valence-corrected chi connectivity index (χ4v) is 2.64. The van der Waals surface area contributed by atoms with Crippen molar-refractivity contribution >= 4 is 21.8 Å². The van der Waals surface area contributed by atoms with Crippen LogP contribution >= 0.6 is 15.9 Å². The van der Waals surface area contributed by atoms with Gasteiger partial charge in [0.2, 0.25) is 0 Å². The lowest BCUT2D eigenvalue weighted by atomic mass is 10.1. The number of hydrogen-bond donors (Lipinski definition) is 1. The summed E-state index contributed by atoms with van der Waals surface area (Å²) >= 11 is 3.32. The molecule has 0 radical (unpaired) electrons. The zero-order valence-corrected chi connectivity index (χ0v) is 14.4. The van der Waals surface area contributed by atoms with Gasteiger partial charge in [0.05, 0.1) is 17.2 Å². The molecule has 0 fully saturated rings. The van der Waals surface area contributed by atoms with E-state index in [9.17, 15) is 9.90 Å². The lowest BCUT2D eigenvalue weighted by Crippen LogP contribution is -2.31. The van der Waals surface area contributed by atoms with Crippen molar-refractivity contribution in [2.45, 2.75) is 19.9 Å². The van der Waals surface area contributed by atoms with Crippen LogP contribution in [0.2, 0.25) is 0 Å². The van der Waals surface area contributed by atoms with Crippen molar-refractivity contribution in [2.75, 3.05) is 6.54 Å². The Bertz CT molecular complexity index is 736. The molecular formula is C18H17BrN2O2. The van der Waals surface area contributed by atoms with Crippen molar-refractivity contribution in [3.8, 4) is 11.8 Å². The Morgan fingerprint density at radius 1 is 1.26 bits per heavy atom. The summed E-state index contributed by atoms with van der Waals surface area (Å²) in [6.07, 6.45) is 0.816. The third kappa shape index (κ3) is 4.33. The minimum Gasteiger partial charge on any atom is -0.507 e. The van der Waals surface area contributed by atoms with E-state index in [1.807, 2.05) is 19.1 Å². The van der Waals surface area contributed by atoms with Gasteiger partial charge in [-0.3, -0.25) is 4.79 Å². The summed E-state index contributed by atoms with van der Waals surface area (Å²) in [4.78, 5) is 14.4. The maximum atomic E-state index is 12.7. The van der Waals surface area contributed by atoms with Crippen molar-refractivity contribution < 1.29 is 9.90 Å². The highest BCUT2D eigenvalue weighted by molar-refractivity contribution is 9.10. The number of benzene rings is 2. The molecular weight excluding hydrogens is 356 g/mol. The standard InChI is InChI=1S/C18H17BrN2O2/c1-2-9-21(12-14-5-3-13(11-20)4-6-14)18(23)16-10-15(19)7-8-17(16)22/h3-8,10,22H,2,9,12H2,1H3. The Balaban J connectivity index is 2.24. The molecule has 1 amide bonds. The fraction of sp³-hybridized carbons (Fsp3) is 0.222. The molecule has 2 aromatic carbocycles. The number of carbonyl (C=O) groups excluding carboxylic acids is 1. The molecule has 0 aliphatic rings. The summed E-state index contributed by atoms with van der Waals surface area (Å²) in [6, 6.07) is 14.1. The van der Waals surface area contributed by atoms with Crippen LogP contribution in [0.3, 0.4) is 0 Å². The quantitative estimate of drug-likeness (QED) is 0.859. The number of carbonyl (C=O) groups is 1. The minimum absolute atomic E-state index is 0.0286. The van der Waals surface area contributed by atoms with Crippen LogP contribution in [0.4, 0.5) is 0 Å². The Morgan fingerprint density at radius 3 is 2.57 bits per heavy atom. The first kappa shape index (κ1) is 17.0. The molecule has 0 heterocycles. The second kappa shape index (κ2) is 7.80. The summed E-state index contributed by atoms with van der Waals surface area (Å²) in [5.41, 5.74) is 1.81. The lowest BCUT2D eigenvalue weighted by molar-refractivity contribution is 0.0740. The molecule has 2 aromatic rings. The van der Waals surface area contributed by atoms with Gasteiger partial charge in [-0.15, -0.1) is 0 Å². The molecule has 0 unspecified atom stereocenters. The zero-order chi connectivity index (χ0) is 16.8. The third-order valence-corrected chi connectivity index (χ3v) is 3.92. The van der Waals surface area contributed by atoms with Gasteiger partial charge in [-0.25, -0.2) is 0 Å². The molecule has 0 aliphatic carbocycles. The molecule has 0 saturated carbocycles. The van der Waals surface area contributed by atoms with Crippen LogP contribution in [0, 0.1) is 11.3 Å². The van der Waals surface area contributed by atoms with E-state index in [0.29, 0.717) is 18.7 Å². The first-order valence-electron chi connectivity index (χ1n) is 7.32. The molecule has 5 heteroatoms. The highest BCUT2D eigenvalue weighted by Gasteiger charge is 2.19. The number of nitrogens with zero attached hydrogens (tertiary/aromatic N) is 2. The summed E-state index contributed by atoms with van der Waals surface area (Å²) in [5.74, 6) is -0.242. The van der Waals surface area contributed by atoms with E-state index in [1.165, 1.54) is 6.07 Å². The smallest absolute Gasteiger partial charge is 0.257 e. The highest BCUT2D eigenvalue weighted by atomic mass is 79.9. The van der Waals surface area contributed by atoms with Crippen molar-refractivity contribution in [3.63, 3.8) is 0 Å². The van der Waals surface area contributed by atoms with Crippen LogP contribution in [0.5, 0.6) is 5.75 Å². The fourth-order valence-electron chi connectivity index (χ4n) is 2.28. The van der Waals surface area contributed by atoms with Gasteiger partial charge in [0.15, 0.2) is 0 Å². The average molecular weight is 373 g/mol. The maximum Gasteiger partial charge on any atom is 0.257 e. The molecule has 118 valence electrons. The van der Waals surface area contributed by atoms with Crippen LogP contribution in [0.25, 0.3) is 0 Å². The molecule has 23 heavy (non-hydrogen) atoms. The summed E-state index contributed by atoms with van der Waals surface area (Å²) in [5, 5.41) is 18.8. The monoisotopic (exact) mass is 372 g/mol. The van der Waals surface area contributed by atoms with E-state index < -0.39 is 0 Å². The van der Waals surface area contributed by atoms with Gasteiger partial charge in [-0.1, -0.05) is 35.0 Å². The summed E-state index contributed by atoms with van der Waals surface area (Å²) in [7, 11) is 0. The first-order valence-corrected chi connectivity index (χ1v) is 8.11. The van der Waals surface area contributed by atoms with Crippen LogP contribution in [-0.2, 0) is 6.54 Å². The van der Waals surface area contributed by atoms with Gasteiger partial charge < -0.3 is 10.0 Å². The average Bonchev–Trinajstić information content (AvgIpc) is 2.56.